The first kappa shape index (κ1) is 22.5. The van der Waals surface area contributed by atoms with Crippen LogP contribution in [0.25, 0.3) is 17.1 Å². The number of carbonyl (C=O) groups excluding carboxylic acids is 1. The van der Waals surface area contributed by atoms with Gasteiger partial charge in [0.25, 0.3) is 0 Å². The number of esters is 1. The Kier molecular flexibility index (Phi) is 8.18. The number of methoxy groups -OCH3 is 1. The first-order valence-electron chi connectivity index (χ1n) is 10.5. The Labute approximate surface area is 182 Å². The molecule has 0 amide bonds. The van der Waals surface area contributed by atoms with Crippen LogP contribution in [0.2, 0.25) is 0 Å². The number of benzene rings is 2. The Balaban J connectivity index is 1.48. The van der Waals surface area contributed by atoms with Gasteiger partial charge in [-0.05, 0) is 67.7 Å². The van der Waals surface area contributed by atoms with Gasteiger partial charge in [-0.3, -0.25) is 0 Å². The number of hydrogen-bond acceptors (Lipinski definition) is 6. The fourth-order valence-corrected chi connectivity index (χ4v) is 3.25. The van der Waals surface area contributed by atoms with Gasteiger partial charge in [0.15, 0.2) is 0 Å². The summed E-state index contributed by atoms with van der Waals surface area (Å²) in [6.45, 7) is 6.20. The van der Waals surface area contributed by atoms with E-state index >= 15 is 0 Å². The first-order valence-corrected chi connectivity index (χ1v) is 10.5. The van der Waals surface area contributed by atoms with Gasteiger partial charge >= 0.3 is 5.97 Å². The van der Waals surface area contributed by atoms with Crippen molar-refractivity contribution < 1.29 is 19.0 Å². The topological polar surface area (TPSA) is 75.5 Å². The molecular weight excluding hydrogens is 394 g/mol. The lowest BCUT2D eigenvalue weighted by molar-refractivity contribution is -0.137. The molecule has 1 heterocycles. The normalized spacial score (nSPS) is 11.3. The summed E-state index contributed by atoms with van der Waals surface area (Å²) in [5, 5.41) is 8.63. The Morgan fingerprint density at radius 3 is 2.68 bits per heavy atom. The zero-order chi connectivity index (χ0) is 22.1. The summed E-state index contributed by atoms with van der Waals surface area (Å²) >= 11 is 0. The van der Waals surface area contributed by atoms with E-state index in [1.807, 2.05) is 48.0 Å². The number of aryl methyl sites for hydroxylation is 2. The van der Waals surface area contributed by atoms with Crippen LogP contribution in [0.1, 0.15) is 36.5 Å². The van der Waals surface area contributed by atoms with Crippen LogP contribution in [-0.4, -0.2) is 41.3 Å². The summed E-state index contributed by atoms with van der Waals surface area (Å²) < 4.78 is 17.8. The van der Waals surface area contributed by atoms with Crippen molar-refractivity contribution in [3.8, 4) is 5.75 Å². The maximum Gasteiger partial charge on any atom is 0.330 e. The van der Waals surface area contributed by atoms with E-state index in [4.69, 9.17) is 14.2 Å². The second kappa shape index (κ2) is 11.3. The van der Waals surface area contributed by atoms with Crippen LogP contribution in [0.3, 0.4) is 0 Å². The van der Waals surface area contributed by atoms with Crippen molar-refractivity contribution in [2.45, 2.75) is 39.8 Å². The van der Waals surface area contributed by atoms with Crippen LogP contribution in [0.15, 0.2) is 42.5 Å². The van der Waals surface area contributed by atoms with Gasteiger partial charge in [0.05, 0.1) is 25.8 Å². The van der Waals surface area contributed by atoms with Gasteiger partial charge in [-0.2, -0.15) is 0 Å². The van der Waals surface area contributed by atoms with Crippen molar-refractivity contribution in [3.63, 3.8) is 0 Å². The zero-order valence-electron chi connectivity index (χ0n) is 18.3. The minimum atomic E-state index is -0.347. The molecule has 0 saturated heterocycles. The molecule has 0 N–H and O–H groups in total. The number of ether oxygens (including phenoxy) is 3. The summed E-state index contributed by atoms with van der Waals surface area (Å²) in [4.78, 5) is 11.5. The summed E-state index contributed by atoms with van der Waals surface area (Å²) in [6, 6.07) is 11.9. The molecule has 0 fully saturated rings. The highest BCUT2D eigenvalue weighted by Gasteiger charge is 2.09. The lowest BCUT2D eigenvalue weighted by atomic mass is 10.1. The molecule has 0 bridgehead atoms. The highest BCUT2D eigenvalue weighted by atomic mass is 16.5. The summed E-state index contributed by atoms with van der Waals surface area (Å²) in [5.74, 6) is 0.501. The number of nitrogens with zero attached hydrogens (tertiary/aromatic N) is 3. The van der Waals surface area contributed by atoms with Crippen molar-refractivity contribution in [1.29, 1.82) is 0 Å². The zero-order valence-corrected chi connectivity index (χ0v) is 18.3. The average Bonchev–Trinajstić information content (AvgIpc) is 3.20. The van der Waals surface area contributed by atoms with E-state index in [1.54, 1.807) is 20.1 Å². The van der Waals surface area contributed by atoms with E-state index in [0.29, 0.717) is 19.8 Å². The van der Waals surface area contributed by atoms with Crippen LogP contribution in [0, 0.1) is 6.92 Å². The molecule has 164 valence electrons. The predicted molar refractivity (Wildman–Crippen MR) is 120 cm³/mol. The molecule has 0 atom stereocenters. The molecule has 0 saturated carbocycles. The van der Waals surface area contributed by atoms with Gasteiger partial charge in [-0.25, -0.2) is 9.48 Å². The molecule has 0 aliphatic rings. The van der Waals surface area contributed by atoms with Gasteiger partial charge in [0.2, 0.25) is 0 Å². The van der Waals surface area contributed by atoms with Gasteiger partial charge < -0.3 is 14.2 Å². The number of rotatable bonds is 11. The molecule has 7 nitrogen and oxygen atoms in total. The number of hydrogen-bond donors (Lipinski definition) is 0. The second-order valence-corrected chi connectivity index (χ2v) is 7.15. The fourth-order valence-electron chi connectivity index (χ4n) is 3.25. The van der Waals surface area contributed by atoms with Crippen molar-refractivity contribution >= 4 is 23.1 Å². The Morgan fingerprint density at radius 1 is 1.13 bits per heavy atom. The predicted octanol–water partition coefficient (Wildman–Crippen LogP) is 4.32. The number of aromatic nitrogens is 3. The van der Waals surface area contributed by atoms with E-state index in [1.165, 1.54) is 6.08 Å². The van der Waals surface area contributed by atoms with Crippen LogP contribution in [0.5, 0.6) is 5.75 Å². The van der Waals surface area contributed by atoms with Crippen molar-refractivity contribution in [1.82, 2.24) is 15.0 Å². The number of unbranched alkanes of at least 4 members (excludes halogenated alkanes) is 1. The monoisotopic (exact) mass is 423 g/mol. The van der Waals surface area contributed by atoms with E-state index in [-0.39, 0.29) is 5.97 Å². The summed E-state index contributed by atoms with van der Waals surface area (Å²) in [5.41, 5.74) is 4.89. The van der Waals surface area contributed by atoms with E-state index in [0.717, 1.165) is 52.9 Å². The maximum atomic E-state index is 11.5. The molecule has 0 spiro atoms. The molecule has 3 rings (SSSR count). The third-order valence-corrected chi connectivity index (χ3v) is 5.00. The molecule has 0 radical (unpaired) electrons. The molecule has 0 aliphatic heterocycles. The van der Waals surface area contributed by atoms with Crippen LogP contribution in [-0.2, 0) is 27.4 Å². The molecule has 0 unspecified atom stereocenters. The molecule has 2 aromatic carbocycles. The largest absolute Gasteiger partial charge is 0.497 e. The van der Waals surface area contributed by atoms with Crippen molar-refractivity contribution in [3.05, 3.63) is 59.2 Å². The third kappa shape index (κ3) is 6.15. The molecule has 31 heavy (non-hydrogen) atoms. The minimum absolute atomic E-state index is 0.347. The SMILES string of the molecule is CCOC(=O)/C=C/c1ccc2c(nnn2CCCCOCc2ccc(OC)cc2)c1C. The molecule has 0 aliphatic carbocycles. The van der Waals surface area contributed by atoms with E-state index in [9.17, 15) is 4.79 Å². The standard InChI is InChI=1S/C24H29N3O4/c1-4-31-23(28)14-10-20-9-13-22-24(18(20)2)25-26-27(22)15-5-6-16-30-17-19-7-11-21(29-3)12-8-19/h7-14H,4-6,15-17H2,1-3H3/b14-10+. The molecule has 3 aromatic rings. The van der Waals surface area contributed by atoms with Gasteiger partial charge in [-0.15, -0.1) is 5.10 Å². The Hall–Kier alpha value is -3.19. The molecule has 1 aromatic heterocycles. The second-order valence-electron chi connectivity index (χ2n) is 7.15. The molecular formula is C24H29N3O4. The highest BCUT2D eigenvalue weighted by Crippen LogP contribution is 2.21. The lowest BCUT2D eigenvalue weighted by Gasteiger charge is -2.07. The Morgan fingerprint density at radius 2 is 1.94 bits per heavy atom. The van der Waals surface area contributed by atoms with Gasteiger partial charge in [0, 0.05) is 19.2 Å². The maximum absolute atomic E-state index is 11.5. The van der Waals surface area contributed by atoms with Gasteiger partial charge in [-0.1, -0.05) is 23.4 Å². The third-order valence-electron chi connectivity index (χ3n) is 5.00. The van der Waals surface area contributed by atoms with Crippen molar-refractivity contribution in [2.24, 2.45) is 0 Å². The van der Waals surface area contributed by atoms with Gasteiger partial charge in [0.1, 0.15) is 11.3 Å². The number of carbonyl (C=O) groups is 1. The van der Waals surface area contributed by atoms with E-state index in [2.05, 4.69) is 10.3 Å². The summed E-state index contributed by atoms with van der Waals surface area (Å²) in [7, 11) is 1.66. The highest BCUT2D eigenvalue weighted by molar-refractivity contribution is 5.89. The smallest absolute Gasteiger partial charge is 0.330 e. The van der Waals surface area contributed by atoms with E-state index < -0.39 is 0 Å². The minimum Gasteiger partial charge on any atom is -0.497 e. The summed E-state index contributed by atoms with van der Waals surface area (Å²) in [6.07, 6.45) is 5.08. The quantitative estimate of drug-likeness (QED) is 0.260. The van der Waals surface area contributed by atoms with Crippen LogP contribution < -0.4 is 4.74 Å². The van der Waals surface area contributed by atoms with Crippen LogP contribution >= 0.6 is 0 Å². The van der Waals surface area contributed by atoms with Crippen molar-refractivity contribution in [2.75, 3.05) is 20.3 Å². The molecule has 7 heteroatoms. The Bertz CT molecular complexity index is 1030. The van der Waals surface area contributed by atoms with Crippen LogP contribution in [0.4, 0.5) is 0 Å². The first-order chi connectivity index (χ1) is 15.1. The lowest BCUT2D eigenvalue weighted by Crippen LogP contribution is -2.03. The fraction of sp³-hybridized carbons (Fsp3) is 0.375. The average molecular weight is 424 g/mol. The number of fused-ring (bicyclic) bond motifs is 1.